The number of carbonyl (C=O) groups excluding carboxylic acids is 1. The van der Waals surface area contributed by atoms with Crippen LogP contribution < -0.4 is 16.7 Å². The molecular formula is C15H19N5O4S. The molecule has 0 aliphatic carbocycles. The maximum atomic E-state index is 11.9. The van der Waals surface area contributed by atoms with Gasteiger partial charge in [-0.05, 0) is 26.8 Å². The van der Waals surface area contributed by atoms with Crippen molar-refractivity contribution >= 4 is 23.4 Å². The number of amides is 1. The van der Waals surface area contributed by atoms with E-state index in [-0.39, 0.29) is 16.7 Å². The van der Waals surface area contributed by atoms with Gasteiger partial charge in [0.05, 0.1) is 11.5 Å². The van der Waals surface area contributed by atoms with Crippen molar-refractivity contribution < 1.29 is 9.21 Å². The highest BCUT2D eigenvalue weighted by atomic mass is 32.2. The minimum absolute atomic E-state index is 0.0549. The van der Waals surface area contributed by atoms with Gasteiger partial charge in [-0.1, -0.05) is 11.8 Å². The number of nitrogens with one attached hydrogen (secondary N) is 1. The molecule has 0 bridgehead atoms. The monoisotopic (exact) mass is 365 g/mol. The van der Waals surface area contributed by atoms with Gasteiger partial charge in [0.2, 0.25) is 5.91 Å². The molecule has 0 aromatic carbocycles. The summed E-state index contributed by atoms with van der Waals surface area (Å²) in [7, 11) is 2.80. The molecule has 0 atom stereocenters. The lowest BCUT2D eigenvalue weighted by atomic mass is 10.2. The van der Waals surface area contributed by atoms with E-state index in [1.165, 1.54) is 14.1 Å². The zero-order chi connectivity index (χ0) is 18.7. The van der Waals surface area contributed by atoms with Crippen LogP contribution in [-0.2, 0) is 18.9 Å². The van der Waals surface area contributed by atoms with Gasteiger partial charge in [-0.3, -0.25) is 14.2 Å². The standard InChI is InChI=1S/C15H19N5O4S/c1-8-6-11(10(3)24-8)9(2)16-17-12(21)7-25-13-14(22)19(4)15(23)20(5)18-13/h6H,7H2,1-5H3,(H,17,21)/b16-9-. The molecule has 0 aliphatic heterocycles. The average Bonchev–Trinajstić information content (AvgIpc) is 2.91. The van der Waals surface area contributed by atoms with Crippen LogP contribution in [-0.4, -0.2) is 31.7 Å². The van der Waals surface area contributed by atoms with E-state index in [2.05, 4.69) is 15.6 Å². The summed E-state index contributed by atoms with van der Waals surface area (Å²) in [4.78, 5) is 35.4. The SMILES string of the molecule is C/C(=N/NC(=O)CSc1nn(C)c(=O)n(C)c1=O)c1cc(C)oc1C. The van der Waals surface area contributed by atoms with Crippen LogP contribution >= 0.6 is 11.8 Å². The molecule has 1 amide bonds. The summed E-state index contributed by atoms with van der Waals surface area (Å²) in [6.07, 6.45) is 0. The van der Waals surface area contributed by atoms with Crippen molar-refractivity contribution in [2.24, 2.45) is 19.2 Å². The lowest BCUT2D eigenvalue weighted by Gasteiger charge is -2.05. The summed E-state index contributed by atoms with van der Waals surface area (Å²) in [5.74, 6) is 1.04. The number of hydrogen-bond acceptors (Lipinski definition) is 7. The highest BCUT2D eigenvalue weighted by molar-refractivity contribution is 7.99. The van der Waals surface area contributed by atoms with Crippen molar-refractivity contribution in [1.82, 2.24) is 19.8 Å². The van der Waals surface area contributed by atoms with E-state index in [1.54, 1.807) is 6.92 Å². The molecule has 1 N–H and O–H groups in total. The largest absolute Gasteiger partial charge is 0.466 e. The summed E-state index contributed by atoms with van der Waals surface area (Å²) in [5, 5.41) is 7.98. The van der Waals surface area contributed by atoms with Gasteiger partial charge < -0.3 is 4.42 Å². The summed E-state index contributed by atoms with van der Waals surface area (Å²) in [6.45, 7) is 5.41. The number of rotatable bonds is 5. The number of hydrazone groups is 1. The first-order chi connectivity index (χ1) is 11.7. The Morgan fingerprint density at radius 1 is 1.36 bits per heavy atom. The lowest BCUT2D eigenvalue weighted by Crippen LogP contribution is -2.39. The fourth-order valence-corrected chi connectivity index (χ4v) is 2.90. The van der Waals surface area contributed by atoms with Crippen LogP contribution in [0, 0.1) is 13.8 Å². The second-order valence-corrected chi connectivity index (χ2v) is 6.39. The quantitative estimate of drug-likeness (QED) is 0.464. The molecule has 25 heavy (non-hydrogen) atoms. The van der Waals surface area contributed by atoms with Gasteiger partial charge in [-0.2, -0.15) is 10.2 Å². The molecule has 0 saturated carbocycles. The zero-order valence-corrected chi connectivity index (χ0v) is 15.4. The van der Waals surface area contributed by atoms with E-state index < -0.39 is 11.2 Å². The lowest BCUT2D eigenvalue weighted by molar-refractivity contribution is -0.118. The zero-order valence-electron chi connectivity index (χ0n) is 14.6. The molecule has 2 heterocycles. The van der Waals surface area contributed by atoms with Crippen LogP contribution in [0.4, 0.5) is 0 Å². The van der Waals surface area contributed by atoms with Crippen LogP contribution in [0.3, 0.4) is 0 Å². The first-order valence-corrected chi connectivity index (χ1v) is 8.37. The fourth-order valence-electron chi connectivity index (χ4n) is 2.12. The second kappa shape index (κ2) is 7.51. The van der Waals surface area contributed by atoms with Crippen LogP contribution in [0.2, 0.25) is 0 Å². The van der Waals surface area contributed by atoms with E-state index in [4.69, 9.17) is 4.42 Å². The maximum absolute atomic E-state index is 11.9. The van der Waals surface area contributed by atoms with E-state index in [0.29, 0.717) is 5.71 Å². The smallest absolute Gasteiger partial charge is 0.346 e. The van der Waals surface area contributed by atoms with Crippen LogP contribution in [0.25, 0.3) is 0 Å². The normalized spacial score (nSPS) is 11.6. The van der Waals surface area contributed by atoms with Crippen LogP contribution in [0.5, 0.6) is 0 Å². The van der Waals surface area contributed by atoms with E-state index in [0.717, 1.165) is 38.1 Å². The molecule has 2 aromatic rings. The summed E-state index contributed by atoms with van der Waals surface area (Å²) in [5.41, 5.74) is 2.80. The molecule has 134 valence electrons. The predicted octanol–water partition coefficient (Wildman–Crippen LogP) is 0.321. The van der Waals surface area contributed by atoms with E-state index in [9.17, 15) is 14.4 Å². The topological polar surface area (TPSA) is 111 Å². The molecule has 2 aromatic heterocycles. The summed E-state index contributed by atoms with van der Waals surface area (Å²) in [6, 6.07) is 1.84. The Morgan fingerprint density at radius 3 is 2.64 bits per heavy atom. The number of aromatic nitrogens is 3. The molecule has 0 spiro atoms. The summed E-state index contributed by atoms with van der Waals surface area (Å²) >= 11 is 0.943. The average molecular weight is 365 g/mol. The summed E-state index contributed by atoms with van der Waals surface area (Å²) < 4.78 is 7.42. The van der Waals surface area contributed by atoms with Gasteiger partial charge in [0.1, 0.15) is 11.5 Å². The van der Waals surface area contributed by atoms with Crippen LogP contribution in [0.1, 0.15) is 24.0 Å². The van der Waals surface area contributed by atoms with Crippen molar-refractivity contribution in [1.29, 1.82) is 0 Å². The van der Waals surface area contributed by atoms with Crippen LogP contribution in [0.15, 0.2) is 30.2 Å². The molecule has 0 aliphatic rings. The third kappa shape index (κ3) is 4.27. The second-order valence-electron chi connectivity index (χ2n) is 5.42. The minimum atomic E-state index is -0.537. The molecule has 0 fully saturated rings. The number of aryl methyl sites for hydroxylation is 3. The Labute approximate surface area is 147 Å². The van der Waals surface area contributed by atoms with Gasteiger partial charge in [-0.25, -0.2) is 14.9 Å². The Bertz CT molecular complexity index is 954. The first kappa shape index (κ1) is 18.7. The van der Waals surface area contributed by atoms with Crippen molar-refractivity contribution in [3.63, 3.8) is 0 Å². The molecule has 0 radical (unpaired) electrons. The molecule has 9 nitrogen and oxygen atoms in total. The van der Waals surface area contributed by atoms with Crippen molar-refractivity contribution in [3.8, 4) is 0 Å². The number of carbonyl (C=O) groups is 1. The Balaban J connectivity index is 2.02. The maximum Gasteiger partial charge on any atom is 0.346 e. The third-order valence-corrected chi connectivity index (χ3v) is 4.35. The predicted molar refractivity (Wildman–Crippen MR) is 94.0 cm³/mol. The highest BCUT2D eigenvalue weighted by Gasteiger charge is 2.12. The van der Waals surface area contributed by atoms with Gasteiger partial charge in [-0.15, -0.1) is 0 Å². The van der Waals surface area contributed by atoms with Gasteiger partial charge in [0.15, 0.2) is 5.03 Å². The highest BCUT2D eigenvalue weighted by Crippen LogP contribution is 2.14. The number of furan rings is 1. The molecule has 10 heteroatoms. The molecule has 2 rings (SSSR count). The Kier molecular flexibility index (Phi) is 5.62. The molecule has 0 unspecified atom stereocenters. The number of nitrogens with zero attached hydrogens (tertiary/aromatic N) is 4. The Morgan fingerprint density at radius 2 is 2.04 bits per heavy atom. The number of hydrogen-bond donors (Lipinski definition) is 1. The van der Waals surface area contributed by atoms with Crippen molar-refractivity contribution in [3.05, 3.63) is 44.0 Å². The van der Waals surface area contributed by atoms with Gasteiger partial charge in [0, 0.05) is 19.7 Å². The van der Waals surface area contributed by atoms with Gasteiger partial charge >= 0.3 is 5.69 Å². The van der Waals surface area contributed by atoms with Crippen molar-refractivity contribution in [2.45, 2.75) is 25.8 Å². The molecular weight excluding hydrogens is 346 g/mol. The fraction of sp³-hybridized carbons (Fsp3) is 0.400. The Hall–Kier alpha value is -2.62. The number of thioether (sulfide) groups is 1. The van der Waals surface area contributed by atoms with Crippen molar-refractivity contribution in [2.75, 3.05) is 5.75 Å². The third-order valence-electron chi connectivity index (χ3n) is 3.41. The molecule has 0 saturated heterocycles. The van der Waals surface area contributed by atoms with Gasteiger partial charge in [0.25, 0.3) is 5.56 Å². The first-order valence-electron chi connectivity index (χ1n) is 7.38. The van der Waals surface area contributed by atoms with E-state index in [1.807, 2.05) is 19.9 Å². The van der Waals surface area contributed by atoms with E-state index >= 15 is 0 Å². The minimum Gasteiger partial charge on any atom is -0.466 e.